The molecule has 146 valence electrons. The van der Waals surface area contributed by atoms with Gasteiger partial charge in [-0.25, -0.2) is 0 Å². The van der Waals surface area contributed by atoms with Crippen LogP contribution in [0.3, 0.4) is 0 Å². The summed E-state index contributed by atoms with van der Waals surface area (Å²) in [6.07, 6.45) is -2.96. The lowest BCUT2D eigenvalue weighted by Crippen LogP contribution is -2.10. The first-order chi connectivity index (χ1) is 13.2. The summed E-state index contributed by atoms with van der Waals surface area (Å²) in [4.78, 5) is 0.628. The first-order valence-corrected chi connectivity index (χ1v) is 9.74. The van der Waals surface area contributed by atoms with Crippen molar-refractivity contribution in [1.82, 2.24) is 0 Å². The molecule has 0 spiro atoms. The molecule has 0 heterocycles. The van der Waals surface area contributed by atoms with Gasteiger partial charge in [0, 0.05) is 33.7 Å². The quantitative estimate of drug-likeness (QED) is 0.545. The van der Waals surface area contributed by atoms with Crippen LogP contribution in [-0.4, -0.2) is 10.5 Å². The molecule has 0 bridgehead atoms. The normalized spacial score (nSPS) is 12.4. The molecule has 0 aromatic heterocycles. The van der Waals surface area contributed by atoms with Crippen LogP contribution in [0.1, 0.15) is 5.56 Å². The minimum atomic E-state index is -4.53. The molecule has 4 nitrogen and oxygen atoms in total. The SMILES string of the molecule is CS(=O)c1cccc(Oc2cccc(Nc3cccc(C(F)(F)F)c3N)c2)c1. The molecule has 3 aromatic carbocycles. The molecule has 8 heteroatoms. The molecule has 1 atom stereocenters. The smallest absolute Gasteiger partial charge is 0.418 e. The Hall–Kier alpha value is -3.00. The summed E-state index contributed by atoms with van der Waals surface area (Å²) in [5.41, 5.74) is 5.07. The number of alkyl halides is 3. The van der Waals surface area contributed by atoms with E-state index < -0.39 is 22.5 Å². The second-order valence-corrected chi connectivity index (χ2v) is 7.33. The maximum Gasteiger partial charge on any atom is 0.418 e. The van der Waals surface area contributed by atoms with E-state index in [1.807, 2.05) is 0 Å². The molecular formula is C20H17F3N2O2S. The summed E-state index contributed by atoms with van der Waals surface area (Å²) < 4.78 is 56.4. The van der Waals surface area contributed by atoms with Gasteiger partial charge in [0.15, 0.2) is 0 Å². The molecule has 0 saturated carbocycles. The predicted octanol–water partition coefficient (Wildman–Crippen LogP) is 5.56. The number of halogens is 3. The van der Waals surface area contributed by atoms with E-state index in [1.165, 1.54) is 12.1 Å². The molecule has 0 aliphatic carbocycles. The second-order valence-electron chi connectivity index (χ2n) is 5.95. The van der Waals surface area contributed by atoms with Gasteiger partial charge in [-0.2, -0.15) is 13.2 Å². The van der Waals surface area contributed by atoms with Gasteiger partial charge in [-0.3, -0.25) is 4.21 Å². The molecular weight excluding hydrogens is 389 g/mol. The highest BCUT2D eigenvalue weighted by Crippen LogP contribution is 2.38. The summed E-state index contributed by atoms with van der Waals surface area (Å²) >= 11 is 0. The summed E-state index contributed by atoms with van der Waals surface area (Å²) in [7, 11) is -1.14. The molecule has 0 aliphatic heterocycles. The van der Waals surface area contributed by atoms with Crippen molar-refractivity contribution in [3.05, 3.63) is 72.3 Å². The minimum absolute atomic E-state index is 0.148. The van der Waals surface area contributed by atoms with E-state index in [1.54, 1.807) is 54.8 Å². The van der Waals surface area contributed by atoms with Crippen LogP contribution in [0, 0.1) is 0 Å². The van der Waals surface area contributed by atoms with E-state index in [2.05, 4.69) is 5.32 Å². The topological polar surface area (TPSA) is 64.3 Å². The first-order valence-electron chi connectivity index (χ1n) is 8.18. The van der Waals surface area contributed by atoms with Crippen molar-refractivity contribution in [2.45, 2.75) is 11.1 Å². The second kappa shape index (κ2) is 7.93. The number of nitrogen functional groups attached to an aromatic ring is 1. The monoisotopic (exact) mass is 406 g/mol. The van der Waals surface area contributed by atoms with Crippen molar-refractivity contribution in [2.75, 3.05) is 17.3 Å². The average Bonchev–Trinajstić information content (AvgIpc) is 2.63. The molecule has 0 aliphatic rings. The summed E-state index contributed by atoms with van der Waals surface area (Å²) in [6.45, 7) is 0. The zero-order valence-corrected chi connectivity index (χ0v) is 15.6. The fourth-order valence-corrected chi connectivity index (χ4v) is 3.12. The van der Waals surface area contributed by atoms with E-state index in [4.69, 9.17) is 10.5 Å². The first kappa shape index (κ1) is 19.8. The molecule has 0 fully saturated rings. The third-order valence-corrected chi connectivity index (χ3v) is 4.82. The van der Waals surface area contributed by atoms with Gasteiger partial charge in [0.2, 0.25) is 0 Å². The predicted molar refractivity (Wildman–Crippen MR) is 104 cm³/mol. The van der Waals surface area contributed by atoms with E-state index >= 15 is 0 Å². The summed E-state index contributed by atoms with van der Waals surface area (Å²) in [5.74, 6) is 0.970. The van der Waals surface area contributed by atoms with Crippen LogP contribution in [0.4, 0.5) is 30.2 Å². The van der Waals surface area contributed by atoms with Crippen LogP contribution in [-0.2, 0) is 17.0 Å². The van der Waals surface area contributed by atoms with E-state index in [0.29, 0.717) is 22.1 Å². The summed E-state index contributed by atoms with van der Waals surface area (Å²) in [5, 5.41) is 2.89. The molecule has 1 unspecified atom stereocenters. The van der Waals surface area contributed by atoms with Crippen LogP contribution in [0.5, 0.6) is 11.5 Å². The fourth-order valence-electron chi connectivity index (χ4n) is 2.57. The average molecular weight is 406 g/mol. The lowest BCUT2D eigenvalue weighted by molar-refractivity contribution is -0.136. The number of hydrogen-bond donors (Lipinski definition) is 2. The van der Waals surface area contributed by atoms with E-state index in [0.717, 1.165) is 6.07 Å². The van der Waals surface area contributed by atoms with Crippen molar-refractivity contribution in [2.24, 2.45) is 0 Å². The number of para-hydroxylation sites is 1. The van der Waals surface area contributed by atoms with E-state index in [-0.39, 0.29) is 11.4 Å². The lowest BCUT2D eigenvalue weighted by atomic mass is 10.1. The van der Waals surface area contributed by atoms with Crippen LogP contribution >= 0.6 is 0 Å². The standard InChI is InChI=1S/C20H17F3N2O2S/c1-28(26)16-8-3-7-15(12-16)27-14-6-2-5-13(11-14)25-18-10-4-9-17(19(18)24)20(21,22)23/h2-12,25H,24H2,1H3. The Morgan fingerprint density at radius 3 is 2.29 bits per heavy atom. The Morgan fingerprint density at radius 2 is 1.61 bits per heavy atom. The maximum absolute atomic E-state index is 13.0. The number of hydrogen-bond acceptors (Lipinski definition) is 4. The van der Waals surface area contributed by atoms with Crippen LogP contribution < -0.4 is 15.8 Å². The van der Waals surface area contributed by atoms with Crippen LogP contribution in [0.15, 0.2) is 71.6 Å². The third-order valence-electron chi connectivity index (χ3n) is 3.90. The largest absolute Gasteiger partial charge is 0.457 e. The van der Waals surface area contributed by atoms with Crippen molar-refractivity contribution in [3.8, 4) is 11.5 Å². The molecule has 0 saturated heterocycles. The van der Waals surface area contributed by atoms with Crippen molar-refractivity contribution in [1.29, 1.82) is 0 Å². The molecule has 3 rings (SSSR count). The van der Waals surface area contributed by atoms with Gasteiger partial charge < -0.3 is 15.8 Å². The molecule has 0 amide bonds. The van der Waals surface area contributed by atoms with Gasteiger partial charge in [0.25, 0.3) is 0 Å². The van der Waals surface area contributed by atoms with Crippen molar-refractivity contribution < 1.29 is 22.1 Å². The fraction of sp³-hybridized carbons (Fsp3) is 0.100. The van der Waals surface area contributed by atoms with Crippen LogP contribution in [0.25, 0.3) is 0 Å². The third kappa shape index (κ3) is 4.64. The minimum Gasteiger partial charge on any atom is -0.457 e. The Labute approximate surface area is 162 Å². The van der Waals surface area contributed by atoms with Crippen molar-refractivity contribution in [3.63, 3.8) is 0 Å². The van der Waals surface area contributed by atoms with Gasteiger partial charge in [-0.1, -0.05) is 18.2 Å². The molecule has 0 radical (unpaired) electrons. The number of ether oxygens (including phenoxy) is 1. The number of rotatable bonds is 5. The number of anilines is 3. The van der Waals surface area contributed by atoms with Gasteiger partial charge in [-0.15, -0.1) is 0 Å². The Morgan fingerprint density at radius 1 is 0.964 bits per heavy atom. The van der Waals surface area contributed by atoms with Crippen LogP contribution in [0.2, 0.25) is 0 Å². The summed E-state index contributed by atoms with van der Waals surface area (Å²) in [6, 6.07) is 17.3. The van der Waals surface area contributed by atoms with E-state index in [9.17, 15) is 17.4 Å². The molecule has 28 heavy (non-hydrogen) atoms. The lowest BCUT2D eigenvalue weighted by Gasteiger charge is -2.15. The van der Waals surface area contributed by atoms with Gasteiger partial charge >= 0.3 is 6.18 Å². The molecule has 3 aromatic rings. The number of benzene rings is 3. The van der Waals surface area contributed by atoms with Gasteiger partial charge in [-0.05, 0) is 42.5 Å². The zero-order valence-electron chi connectivity index (χ0n) is 14.8. The highest BCUT2D eigenvalue weighted by atomic mass is 32.2. The number of nitrogens with two attached hydrogens (primary N) is 1. The highest BCUT2D eigenvalue weighted by Gasteiger charge is 2.33. The maximum atomic E-state index is 13.0. The Kier molecular flexibility index (Phi) is 5.60. The zero-order chi connectivity index (χ0) is 20.3. The van der Waals surface area contributed by atoms with Crippen molar-refractivity contribution >= 4 is 27.9 Å². The number of nitrogens with one attached hydrogen (secondary N) is 1. The Balaban J connectivity index is 1.83. The Bertz CT molecular complexity index is 1020. The highest BCUT2D eigenvalue weighted by molar-refractivity contribution is 7.84. The molecule has 3 N–H and O–H groups in total. The van der Waals surface area contributed by atoms with Gasteiger partial charge in [0.05, 0.1) is 16.9 Å². The van der Waals surface area contributed by atoms with Gasteiger partial charge in [0.1, 0.15) is 11.5 Å².